The monoisotopic (exact) mass is 276 g/mol. The van der Waals surface area contributed by atoms with Crippen molar-refractivity contribution in [3.8, 4) is 0 Å². The minimum absolute atomic E-state index is 0.233. The van der Waals surface area contributed by atoms with Crippen molar-refractivity contribution >= 4 is 0 Å². The van der Waals surface area contributed by atoms with Crippen LogP contribution in [0, 0.1) is 0 Å². The Morgan fingerprint density at radius 1 is 1.20 bits per heavy atom. The molecule has 0 aliphatic heterocycles. The minimum Gasteiger partial charge on any atom is -0.312 e. The van der Waals surface area contributed by atoms with Gasteiger partial charge in [-0.05, 0) is 56.7 Å². The van der Waals surface area contributed by atoms with E-state index in [1.807, 2.05) is 4.57 Å². The predicted octanol–water partition coefficient (Wildman–Crippen LogP) is 3.03. The average Bonchev–Trinajstić information content (AvgIpc) is 2.47. The van der Waals surface area contributed by atoms with Gasteiger partial charge in [-0.1, -0.05) is 20.3 Å². The van der Waals surface area contributed by atoms with Crippen molar-refractivity contribution in [3.63, 3.8) is 0 Å². The molecule has 1 aromatic heterocycles. The summed E-state index contributed by atoms with van der Waals surface area (Å²) in [5.41, 5.74) is 3.91. The quantitative estimate of drug-likeness (QED) is 0.777. The Kier molecular flexibility index (Phi) is 5.84. The maximum atomic E-state index is 12.6. The Morgan fingerprint density at radius 3 is 2.75 bits per heavy atom. The summed E-state index contributed by atoms with van der Waals surface area (Å²) in [6.07, 6.45) is 8.10. The lowest BCUT2D eigenvalue weighted by molar-refractivity contribution is 0.554. The summed E-state index contributed by atoms with van der Waals surface area (Å²) in [4.78, 5) is 12.6. The molecule has 0 amide bonds. The Labute approximate surface area is 122 Å². The number of fused-ring (bicyclic) bond motifs is 1. The van der Waals surface area contributed by atoms with Crippen LogP contribution in [0.15, 0.2) is 10.9 Å². The van der Waals surface area contributed by atoms with Crippen LogP contribution in [-0.2, 0) is 25.9 Å². The van der Waals surface area contributed by atoms with E-state index in [1.54, 1.807) is 0 Å². The highest BCUT2D eigenvalue weighted by Crippen LogP contribution is 2.21. The van der Waals surface area contributed by atoms with E-state index >= 15 is 0 Å². The van der Waals surface area contributed by atoms with Crippen LogP contribution in [0.1, 0.15) is 62.8 Å². The van der Waals surface area contributed by atoms with Crippen molar-refractivity contribution in [1.82, 2.24) is 9.88 Å². The zero-order chi connectivity index (χ0) is 14.4. The summed E-state index contributed by atoms with van der Waals surface area (Å²) >= 11 is 0. The van der Waals surface area contributed by atoms with Crippen molar-refractivity contribution in [1.29, 1.82) is 0 Å². The molecule has 1 heterocycles. The number of pyridine rings is 1. The van der Waals surface area contributed by atoms with Gasteiger partial charge in [-0.2, -0.15) is 0 Å². The summed E-state index contributed by atoms with van der Waals surface area (Å²) in [5.74, 6) is 0. The molecule has 1 aliphatic carbocycles. The molecular weight excluding hydrogens is 248 g/mol. The third-order valence-electron chi connectivity index (χ3n) is 4.14. The molecule has 1 aliphatic rings. The molecule has 0 unspecified atom stereocenters. The Balaban J connectivity index is 2.23. The fourth-order valence-corrected chi connectivity index (χ4v) is 3.06. The normalized spacial score (nSPS) is 14.3. The fourth-order valence-electron chi connectivity index (χ4n) is 3.06. The molecule has 0 radical (unpaired) electrons. The van der Waals surface area contributed by atoms with E-state index in [0.29, 0.717) is 0 Å². The number of hydrogen-bond acceptors (Lipinski definition) is 2. The largest absolute Gasteiger partial charge is 0.312 e. The van der Waals surface area contributed by atoms with Crippen LogP contribution in [-0.4, -0.2) is 11.1 Å². The van der Waals surface area contributed by atoms with E-state index in [4.69, 9.17) is 0 Å². The second-order valence-corrected chi connectivity index (χ2v) is 5.84. The van der Waals surface area contributed by atoms with Crippen LogP contribution in [0.25, 0.3) is 0 Å². The molecule has 0 atom stereocenters. The Bertz CT molecular complexity index is 490. The van der Waals surface area contributed by atoms with Crippen LogP contribution in [0.3, 0.4) is 0 Å². The van der Waals surface area contributed by atoms with Gasteiger partial charge in [0.2, 0.25) is 0 Å². The number of unbranched alkanes of at least 4 members (excludes halogenated alkanes) is 1. The predicted molar refractivity (Wildman–Crippen MR) is 84.2 cm³/mol. The van der Waals surface area contributed by atoms with E-state index in [-0.39, 0.29) is 5.56 Å². The van der Waals surface area contributed by atoms with Gasteiger partial charge in [0, 0.05) is 24.3 Å². The van der Waals surface area contributed by atoms with E-state index in [2.05, 4.69) is 25.2 Å². The number of nitrogens with zero attached hydrogens (tertiary/aromatic N) is 1. The molecule has 20 heavy (non-hydrogen) atoms. The van der Waals surface area contributed by atoms with Crippen molar-refractivity contribution in [3.05, 3.63) is 33.2 Å². The molecular formula is C17H28N2O. The van der Waals surface area contributed by atoms with Crippen LogP contribution in [0.5, 0.6) is 0 Å². The van der Waals surface area contributed by atoms with Gasteiger partial charge in [0.05, 0.1) is 0 Å². The molecule has 3 heteroatoms. The second-order valence-electron chi connectivity index (χ2n) is 5.84. The Hall–Kier alpha value is -1.09. The lowest BCUT2D eigenvalue weighted by Gasteiger charge is -2.22. The highest BCUT2D eigenvalue weighted by Gasteiger charge is 2.16. The number of hydrogen-bond donors (Lipinski definition) is 1. The van der Waals surface area contributed by atoms with Gasteiger partial charge in [0.1, 0.15) is 0 Å². The molecule has 0 aromatic carbocycles. The van der Waals surface area contributed by atoms with Crippen molar-refractivity contribution in [2.45, 2.75) is 71.9 Å². The zero-order valence-electron chi connectivity index (χ0n) is 13.0. The average molecular weight is 276 g/mol. The second kappa shape index (κ2) is 7.63. The first-order valence-electron chi connectivity index (χ1n) is 8.23. The zero-order valence-corrected chi connectivity index (χ0v) is 13.0. The molecule has 0 spiro atoms. The molecule has 0 bridgehead atoms. The first kappa shape index (κ1) is 15.3. The van der Waals surface area contributed by atoms with Crippen LogP contribution >= 0.6 is 0 Å². The molecule has 0 saturated carbocycles. The molecule has 1 aromatic rings. The summed E-state index contributed by atoms with van der Waals surface area (Å²) < 4.78 is 2.05. The minimum atomic E-state index is 0.233. The molecule has 1 N–H and O–H groups in total. The van der Waals surface area contributed by atoms with Crippen molar-refractivity contribution in [2.75, 3.05) is 6.54 Å². The maximum absolute atomic E-state index is 12.6. The van der Waals surface area contributed by atoms with Gasteiger partial charge in [0.15, 0.2) is 0 Å². The third kappa shape index (κ3) is 3.51. The van der Waals surface area contributed by atoms with Gasteiger partial charge in [-0.15, -0.1) is 0 Å². The molecule has 0 saturated heterocycles. The number of nitrogens with one attached hydrogen (secondary N) is 1. The molecule has 0 fully saturated rings. The number of aryl methyl sites for hydroxylation is 1. The lowest BCUT2D eigenvalue weighted by Crippen LogP contribution is -2.32. The topological polar surface area (TPSA) is 34.0 Å². The summed E-state index contributed by atoms with van der Waals surface area (Å²) in [6, 6.07) is 2.17. The number of rotatable bonds is 7. The van der Waals surface area contributed by atoms with Crippen LogP contribution < -0.4 is 10.9 Å². The van der Waals surface area contributed by atoms with Crippen LogP contribution in [0.4, 0.5) is 0 Å². The highest BCUT2D eigenvalue weighted by atomic mass is 16.1. The highest BCUT2D eigenvalue weighted by molar-refractivity contribution is 5.29. The van der Waals surface area contributed by atoms with E-state index in [1.165, 1.54) is 36.9 Å². The molecule has 2 rings (SSSR count). The van der Waals surface area contributed by atoms with Crippen molar-refractivity contribution < 1.29 is 0 Å². The van der Waals surface area contributed by atoms with Gasteiger partial charge in [0.25, 0.3) is 5.56 Å². The summed E-state index contributed by atoms with van der Waals surface area (Å²) in [5, 5.41) is 3.41. The standard InChI is InChI=1S/C17H28N2O/c1-3-5-10-18-13-15-12-14-8-6-7-9-16(14)19(11-4-2)17(15)20/h12,18H,3-11,13H2,1-2H3. The number of aromatic nitrogens is 1. The molecule has 112 valence electrons. The van der Waals surface area contributed by atoms with Crippen LogP contribution in [0.2, 0.25) is 0 Å². The van der Waals surface area contributed by atoms with Gasteiger partial charge in [-0.25, -0.2) is 0 Å². The maximum Gasteiger partial charge on any atom is 0.255 e. The first-order chi connectivity index (χ1) is 9.77. The first-order valence-corrected chi connectivity index (χ1v) is 8.23. The van der Waals surface area contributed by atoms with Gasteiger partial charge >= 0.3 is 0 Å². The van der Waals surface area contributed by atoms with Gasteiger partial charge < -0.3 is 9.88 Å². The summed E-state index contributed by atoms with van der Waals surface area (Å²) in [7, 11) is 0. The Morgan fingerprint density at radius 2 is 2.00 bits per heavy atom. The van der Waals surface area contributed by atoms with E-state index in [0.717, 1.165) is 44.5 Å². The smallest absolute Gasteiger partial charge is 0.255 e. The molecule has 3 nitrogen and oxygen atoms in total. The SMILES string of the molecule is CCCCNCc1cc2c(n(CCC)c1=O)CCCC2. The van der Waals surface area contributed by atoms with E-state index < -0.39 is 0 Å². The van der Waals surface area contributed by atoms with E-state index in [9.17, 15) is 4.79 Å². The van der Waals surface area contributed by atoms with Crippen molar-refractivity contribution in [2.24, 2.45) is 0 Å². The third-order valence-corrected chi connectivity index (χ3v) is 4.14. The van der Waals surface area contributed by atoms with Gasteiger partial charge in [-0.3, -0.25) is 4.79 Å². The lowest BCUT2D eigenvalue weighted by atomic mass is 9.94. The fraction of sp³-hybridized carbons (Fsp3) is 0.706. The summed E-state index contributed by atoms with van der Waals surface area (Å²) in [6.45, 7) is 6.92.